The number of hydrogen-bond acceptors (Lipinski definition) is 4. The Hall–Kier alpha value is -2.73. The third-order valence-corrected chi connectivity index (χ3v) is 3.12. The summed E-state index contributed by atoms with van der Waals surface area (Å²) < 4.78 is 0. The second-order valence-electron chi connectivity index (χ2n) is 4.27. The van der Waals surface area contributed by atoms with Gasteiger partial charge in [-0.1, -0.05) is 29.8 Å². The van der Waals surface area contributed by atoms with E-state index in [9.17, 15) is 9.59 Å². The van der Waals surface area contributed by atoms with Crippen LogP contribution in [-0.4, -0.2) is 21.1 Å². The van der Waals surface area contributed by atoms with E-state index in [1.807, 2.05) is 0 Å². The molecule has 1 aromatic carbocycles. The molecule has 1 amide bonds. The van der Waals surface area contributed by atoms with E-state index in [-0.39, 0.29) is 11.3 Å². The number of carbonyl (C=O) groups is 1. The van der Waals surface area contributed by atoms with Crippen LogP contribution in [0.2, 0.25) is 5.15 Å². The summed E-state index contributed by atoms with van der Waals surface area (Å²) in [7, 11) is 0. The summed E-state index contributed by atoms with van der Waals surface area (Å²) in [6, 6.07) is 9.96. The molecule has 0 saturated carbocycles. The maximum atomic E-state index is 12.3. The quantitative estimate of drug-likeness (QED) is 0.710. The molecule has 0 radical (unpaired) electrons. The van der Waals surface area contributed by atoms with Crippen LogP contribution in [0, 0.1) is 0 Å². The number of benzene rings is 1. The molecule has 6 nitrogen and oxygen atoms in total. The molecule has 0 unspecified atom stereocenters. The van der Waals surface area contributed by atoms with Gasteiger partial charge in [0.05, 0.1) is 17.3 Å². The first-order valence-corrected chi connectivity index (χ1v) is 6.43. The number of rotatable bonds is 2. The fraction of sp³-hybridized carbons (Fsp3) is 0. The molecular formula is C14H9ClN4O2. The lowest BCUT2D eigenvalue weighted by molar-refractivity contribution is 0.102. The highest BCUT2D eigenvalue weighted by Gasteiger charge is 2.14. The molecule has 0 atom stereocenters. The average molecular weight is 301 g/mol. The molecule has 3 aromatic rings. The molecule has 2 heterocycles. The van der Waals surface area contributed by atoms with Crippen molar-refractivity contribution in [2.75, 3.05) is 5.32 Å². The first-order valence-electron chi connectivity index (χ1n) is 6.05. The Labute approximate surface area is 123 Å². The first kappa shape index (κ1) is 13.3. The van der Waals surface area contributed by atoms with E-state index in [1.54, 1.807) is 36.4 Å². The van der Waals surface area contributed by atoms with Gasteiger partial charge in [-0.05, 0) is 18.2 Å². The summed E-state index contributed by atoms with van der Waals surface area (Å²) in [6.45, 7) is 0. The number of amides is 1. The van der Waals surface area contributed by atoms with Crippen molar-refractivity contribution in [1.29, 1.82) is 0 Å². The van der Waals surface area contributed by atoms with Gasteiger partial charge in [0.1, 0.15) is 5.15 Å². The molecule has 21 heavy (non-hydrogen) atoms. The first-order chi connectivity index (χ1) is 10.1. The van der Waals surface area contributed by atoms with E-state index in [1.165, 1.54) is 6.20 Å². The average Bonchev–Trinajstić information content (AvgIpc) is 2.50. The molecule has 2 N–H and O–H groups in total. The van der Waals surface area contributed by atoms with Crippen molar-refractivity contribution in [3.8, 4) is 0 Å². The topological polar surface area (TPSA) is 87.7 Å². The van der Waals surface area contributed by atoms with Crippen LogP contribution >= 0.6 is 11.6 Å². The fourth-order valence-corrected chi connectivity index (χ4v) is 2.04. The molecule has 0 spiro atoms. The van der Waals surface area contributed by atoms with Gasteiger partial charge in [0.2, 0.25) is 0 Å². The van der Waals surface area contributed by atoms with Gasteiger partial charge >= 0.3 is 0 Å². The molecular weight excluding hydrogens is 292 g/mol. The summed E-state index contributed by atoms with van der Waals surface area (Å²) in [5.41, 5.74) is 0.289. The molecule has 0 saturated heterocycles. The smallest absolute Gasteiger partial charge is 0.276 e. The van der Waals surface area contributed by atoms with Crippen molar-refractivity contribution in [3.05, 3.63) is 63.8 Å². The van der Waals surface area contributed by atoms with Crippen molar-refractivity contribution in [1.82, 2.24) is 15.2 Å². The van der Waals surface area contributed by atoms with E-state index >= 15 is 0 Å². The van der Waals surface area contributed by atoms with E-state index in [4.69, 9.17) is 11.6 Å². The minimum Gasteiger partial charge on any atom is -0.319 e. The van der Waals surface area contributed by atoms with Crippen LogP contribution in [0.15, 0.2) is 47.4 Å². The van der Waals surface area contributed by atoms with Crippen LogP contribution in [0.3, 0.4) is 0 Å². The summed E-state index contributed by atoms with van der Waals surface area (Å²) in [5, 5.41) is 10.0. The highest BCUT2D eigenvalue weighted by molar-refractivity contribution is 6.29. The number of H-pyrrole nitrogens is 1. The van der Waals surface area contributed by atoms with Crippen molar-refractivity contribution in [2.45, 2.75) is 0 Å². The Morgan fingerprint density at radius 3 is 2.62 bits per heavy atom. The van der Waals surface area contributed by atoms with Crippen LogP contribution in [0.1, 0.15) is 10.5 Å². The third-order valence-electron chi connectivity index (χ3n) is 2.90. The van der Waals surface area contributed by atoms with E-state index in [0.717, 1.165) is 0 Å². The molecule has 3 rings (SSSR count). The van der Waals surface area contributed by atoms with Crippen LogP contribution in [-0.2, 0) is 0 Å². The van der Waals surface area contributed by atoms with Gasteiger partial charge in [-0.3, -0.25) is 9.59 Å². The number of aromatic amines is 1. The largest absolute Gasteiger partial charge is 0.319 e. The minimum absolute atomic E-state index is 0.139. The van der Waals surface area contributed by atoms with Gasteiger partial charge in [-0.25, -0.2) is 10.1 Å². The van der Waals surface area contributed by atoms with Gasteiger partial charge < -0.3 is 5.32 Å². The lowest BCUT2D eigenvalue weighted by Gasteiger charge is -2.06. The predicted molar refractivity (Wildman–Crippen MR) is 79.6 cm³/mol. The Kier molecular flexibility index (Phi) is 3.37. The van der Waals surface area contributed by atoms with Gasteiger partial charge in [0, 0.05) is 5.39 Å². The number of anilines is 1. The lowest BCUT2D eigenvalue weighted by atomic mass is 10.1. The van der Waals surface area contributed by atoms with Crippen molar-refractivity contribution in [2.24, 2.45) is 0 Å². The highest BCUT2D eigenvalue weighted by Crippen LogP contribution is 2.15. The zero-order chi connectivity index (χ0) is 14.8. The Bertz CT molecular complexity index is 874. The number of pyridine rings is 1. The molecule has 0 aliphatic carbocycles. The van der Waals surface area contributed by atoms with E-state index in [2.05, 4.69) is 20.5 Å². The molecule has 0 aliphatic heterocycles. The van der Waals surface area contributed by atoms with Crippen molar-refractivity contribution in [3.63, 3.8) is 0 Å². The maximum absolute atomic E-state index is 12.3. The summed E-state index contributed by atoms with van der Waals surface area (Å²) in [5.74, 6) is -0.438. The SMILES string of the molecule is O=C(Nc1ccc(Cl)nc1)c1n[nH]c(=O)c2ccccc12. The van der Waals surface area contributed by atoms with Crippen LogP contribution < -0.4 is 10.9 Å². The lowest BCUT2D eigenvalue weighted by Crippen LogP contribution is -2.19. The summed E-state index contributed by atoms with van der Waals surface area (Å²) in [6.07, 6.45) is 1.44. The zero-order valence-corrected chi connectivity index (χ0v) is 11.4. The maximum Gasteiger partial charge on any atom is 0.276 e. The van der Waals surface area contributed by atoms with Crippen LogP contribution in [0.4, 0.5) is 5.69 Å². The Morgan fingerprint density at radius 1 is 1.14 bits per heavy atom. The van der Waals surface area contributed by atoms with Gasteiger partial charge in [-0.15, -0.1) is 0 Å². The number of carbonyl (C=O) groups excluding carboxylic acids is 1. The van der Waals surface area contributed by atoms with Crippen LogP contribution in [0.25, 0.3) is 10.8 Å². The van der Waals surface area contributed by atoms with Gasteiger partial charge in [-0.2, -0.15) is 5.10 Å². The molecule has 7 heteroatoms. The number of fused-ring (bicyclic) bond motifs is 1. The summed E-state index contributed by atoms with van der Waals surface area (Å²) in [4.78, 5) is 27.8. The molecule has 0 aliphatic rings. The third kappa shape index (κ3) is 2.61. The Balaban J connectivity index is 2.00. The monoisotopic (exact) mass is 300 g/mol. The van der Waals surface area contributed by atoms with Gasteiger partial charge in [0.15, 0.2) is 5.69 Å². The summed E-state index contributed by atoms with van der Waals surface area (Å²) >= 11 is 5.68. The second-order valence-corrected chi connectivity index (χ2v) is 4.66. The van der Waals surface area contributed by atoms with Crippen molar-refractivity contribution >= 4 is 34.0 Å². The predicted octanol–water partition coefficient (Wildman–Crippen LogP) is 2.22. The van der Waals surface area contributed by atoms with Crippen LogP contribution in [0.5, 0.6) is 0 Å². The standard InChI is InChI=1S/C14H9ClN4O2/c15-11-6-5-8(7-16-11)17-14(21)12-9-3-1-2-4-10(9)13(20)19-18-12/h1-7H,(H,17,21)(H,19,20). The Morgan fingerprint density at radius 2 is 1.90 bits per heavy atom. The molecule has 0 fully saturated rings. The number of nitrogens with zero attached hydrogens (tertiary/aromatic N) is 2. The number of halogens is 1. The zero-order valence-electron chi connectivity index (χ0n) is 10.6. The highest BCUT2D eigenvalue weighted by atomic mass is 35.5. The number of nitrogens with one attached hydrogen (secondary N) is 2. The van der Waals surface area contributed by atoms with Gasteiger partial charge in [0.25, 0.3) is 11.5 Å². The number of hydrogen-bond donors (Lipinski definition) is 2. The number of aromatic nitrogens is 3. The van der Waals surface area contributed by atoms with Crippen molar-refractivity contribution < 1.29 is 4.79 Å². The molecule has 2 aromatic heterocycles. The van der Waals surface area contributed by atoms with E-state index in [0.29, 0.717) is 21.6 Å². The normalized spacial score (nSPS) is 10.5. The molecule has 104 valence electrons. The fourth-order valence-electron chi connectivity index (χ4n) is 1.93. The van der Waals surface area contributed by atoms with E-state index < -0.39 is 5.91 Å². The minimum atomic E-state index is -0.438. The second kappa shape index (κ2) is 5.34. The molecule has 0 bridgehead atoms.